The van der Waals surface area contributed by atoms with Crippen LogP contribution in [0.5, 0.6) is 11.5 Å². The van der Waals surface area contributed by atoms with Gasteiger partial charge in [-0.25, -0.2) is 9.97 Å². The number of benzene rings is 1. The second kappa shape index (κ2) is 6.98. The van der Waals surface area contributed by atoms with E-state index in [1.807, 2.05) is 26.0 Å². The first-order valence-corrected chi connectivity index (χ1v) is 8.72. The summed E-state index contributed by atoms with van der Waals surface area (Å²) < 4.78 is 17.2. The second-order valence-corrected chi connectivity index (χ2v) is 6.55. The van der Waals surface area contributed by atoms with E-state index in [4.69, 9.17) is 14.2 Å². The smallest absolute Gasteiger partial charge is 0.161 e. The zero-order chi connectivity index (χ0) is 17.2. The Labute approximate surface area is 147 Å². The van der Waals surface area contributed by atoms with Gasteiger partial charge in [0.1, 0.15) is 25.1 Å². The Morgan fingerprint density at radius 2 is 1.88 bits per heavy atom. The molecule has 1 aromatic heterocycles. The van der Waals surface area contributed by atoms with Crippen LogP contribution in [0.15, 0.2) is 24.3 Å². The Morgan fingerprint density at radius 3 is 2.72 bits per heavy atom. The van der Waals surface area contributed by atoms with Gasteiger partial charge in [0.05, 0.1) is 12.3 Å². The van der Waals surface area contributed by atoms with Crippen molar-refractivity contribution in [3.05, 3.63) is 47.0 Å². The van der Waals surface area contributed by atoms with Crippen molar-refractivity contribution in [3.8, 4) is 11.5 Å². The van der Waals surface area contributed by atoms with Crippen LogP contribution >= 0.6 is 0 Å². The van der Waals surface area contributed by atoms with Gasteiger partial charge in [-0.1, -0.05) is 6.07 Å². The fraction of sp³-hybridized carbons (Fsp3) is 0.474. The van der Waals surface area contributed by atoms with Gasteiger partial charge < -0.3 is 14.2 Å². The van der Waals surface area contributed by atoms with Crippen LogP contribution in [0, 0.1) is 13.8 Å². The lowest BCUT2D eigenvalue weighted by molar-refractivity contribution is -0.0351. The van der Waals surface area contributed by atoms with Crippen molar-refractivity contribution in [2.24, 2.45) is 0 Å². The summed E-state index contributed by atoms with van der Waals surface area (Å²) in [7, 11) is 0. The van der Waals surface area contributed by atoms with Crippen LogP contribution in [0.1, 0.15) is 28.9 Å². The summed E-state index contributed by atoms with van der Waals surface area (Å²) in [6, 6.07) is 8.21. The molecule has 132 valence electrons. The van der Waals surface area contributed by atoms with E-state index in [1.165, 1.54) is 5.56 Å². The van der Waals surface area contributed by atoms with Gasteiger partial charge in [-0.15, -0.1) is 0 Å². The zero-order valence-electron chi connectivity index (χ0n) is 14.7. The molecule has 2 aliphatic rings. The van der Waals surface area contributed by atoms with Crippen LogP contribution in [0.4, 0.5) is 0 Å². The van der Waals surface area contributed by atoms with Crippen LogP contribution < -0.4 is 9.47 Å². The zero-order valence-corrected chi connectivity index (χ0v) is 14.7. The molecule has 1 unspecified atom stereocenters. The maximum atomic E-state index is 5.96. The highest BCUT2D eigenvalue weighted by Gasteiger charge is 2.24. The van der Waals surface area contributed by atoms with Gasteiger partial charge in [0.2, 0.25) is 0 Å². The molecule has 2 aromatic rings. The summed E-state index contributed by atoms with van der Waals surface area (Å²) >= 11 is 0. The molecule has 0 radical (unpaired) electrons. The number of aryl methyl sites for hydroxylation is 2. The Hall–Kier alpha value is -2.18. The van der Waals surface area contributed by atoms with E-state index >= 15 is 0 Å². The van der Waals surface area contributed by atoms with Crippen LogP contribution in [0.25, 0.3) is 0 Å². The predicted molar refractivity (Wildman–Crippen MR) is 92.9 cm³/mol. The van der Waals surface area contributed by atoms with E-state index in [0.29, 0.717) is 19.8 Å². The highest BCUT2D eigenvalue weighted by molar-refractivity contribution is 5.43. The summed E-state index contributed by atoms with van der Waals surface area (Å²) in [5.41, 5.74) is 3.17. The van der Waals surface area contributed by atoms with Gasteiger partial charge >= 0.3 is 0 Å². The first-order valence-electron chi connectivity index (χ1n) is 8.72. The fourth-order valence-corrected chi connectivity index (χ4v) is 3.38. The monoisotopic (exact) mass is 341 g/mol. The summed E-state index contributed by atoms with van der Waals surface area (Å²) in [5, 5.41) is 0. The molecule has 0 aliphatic carbocycles. The normalized spacial score (nSPS) is 20.5. The molecule has 6 heteroatoms. The maximum absolute atomic E-state index is 5.96. The molecule has 3 heterocycles. The van der Waals surface area contributed by atoms with Crippen LogP contribution in [0.3, 0.4) is 0 Å². The van der Waals surface area contributed by atoms with Crippen molar-refractivity contribution in [2.75, 3.05) is 32.9 Å². The number of ether oxygens (including phenoxy) is 3. The number of morpholine rings is 1. The topological polar surface area (TPSA) is 56.7 Å². The number of rotatable bonds is 3. The lowest BCUT2D eigenvalue weighted by Gasteiger charge is -2.33. The second-order valence-electron chi connectivity index (χ2n) is 6.55. The summed E-state index contributed by atoms with van der Waals surface area (Å²) in [6.45, 7) is 8.45. The van der Waals surface area contributed by atoms with Crippen molar-refractivity contribution in [1.29, 1.82) is 0 Å². The van der Waals surface area contributed by atoms with Crippen LogP contribution in [0.2, 0.25) is 0 Å². The van der Waals surface area contributed by atoms with E-state index in [9.17, 15) is 0 Å². The molecule has 1 atom stereocenters. The van der Waals surface area contributed by atoms with E-state index in [0.717, 1.165) is 48.3 Å². The minimum Gasteiger partial charge on any atom is -0.486 e. The molecule has 1 fully saturated rings. The van der Waals surface area contributed by atoms with Crippen LogP contribution in [-0.2, 0) is 11.3 Å². The molecule has 0 spiro atoms. The molecule has 25 heavy (non-hydrogen) atoms. The molecule has 1 saturated heterocycles. The minimum atomic E-state index is -0.00800. The molecule has 2 aliphatic heterocycles. The van der Waals surface area contributed by atoms with E-state index in [1.54, 1.807) is 0 Å². The predicted octanol–water partition coefficient (Wildman–Crippen LogP) is 2.44. The van der Waals surface area contributed by atoms with Gasteiger partial charge in [0, 0.05) is 25.3 Å². The number of hydrogen-bond acceptors (Lipinski definition) is 6. The lowest BCUT2D eigenvalue weighted by Crippen LogP contribution is -2.38. The Bertz CT molecular complexity index is 745. The van der Waals surface area contributed by atoms with E-state index in [2.05, 4.69) is 27.0 Å². The summed E-state index contributed by atoms with van der Waals surface area (Å²) in [4.78, 5) is 11.3. The first kappa shape index (κ1) is 16.3. The standard InChI is InChI=1S/C19H23N3O3/c1-13-9-16(21-14(2)20-13)19-12-22(5-6-23-19)11-15-3-4-17-18(10-15)25-8-7-24-17/h3-4,9-10,19H,5-8,11-12H2,1-2H3. The Balaban J connectivity index is 1.46. The first-order chi connectivity index (χ1) is 12.2. The van der Waals surface area contributed by atoms with Gasteiger partial charge in [-0.05, 0) is 37.6 Å². The van der Waals surface area contributed by atoms with E-state index in [-0.39, 0.29) is 6.10 Å². The molecular weight excluding hydrogens is 318 g/mol. The summed E-state index contributed by atoms with van der Waals surface area (Å²) in [6.07, 6.45) is -0.00800. The highest BCUT2D eigenvalue weighted by Crippen LogP contribution is 2.31. The van der Waals surface area contributed by atoms with Gasteiger partial charge in [-0.2, -0.15) is 0 Å². The molecule has 1 aromatic carbocycles. The largest absolute Gasteiger partial charge is 0.486 e. The fourth-order valence-electron chi connectivity index (χ4n) is 3.38. The van der Waals surface area contributed by atoms with Gasteiger partial charge in [0.15, 0.2) is 11.5 Å². The minimum absolute atomic E-state index is 0.00800. The SMILES string of the molecule is Cc1cc(C2CN(Cc3ccc4c(c3)OCCO4)CCO2)nc(C)n1. The Morgan fingerprint density at radius 1 is 1.04 bits per heavy atom. The van der Waals surface area contributed by atoms with Crippen molar-refractivity contribution < 1.29 is 14.2 Å². The molecular formula is C19H23N3O3. The quantitative estimate of drug-likeness (QED) is 0.855. The third-order valence-electron chi connectivity index (χ3n) is 4.48. The average molecular weight is 341 g/mol. The van der Waals surface area contributed by atoms with Crippen molar-refractivity contribution in [3.63, 3.8) is 0 Å². The van der Waals surface area contributed by atoms with Crippen LogP contribution in [-0.4, -0.2) is 47.8 Å². The number of nitrogens with zero attached hydrogens (tertiary/aromatic N) is 3. The van der Waals surface area contributed by atoms with Gasteiger partial charge in [-0.3, -0.25) is 4.90 Å². The molecule has 0 bridgehead atoms. The number of fused-ring (bicyclic) bond motifs is 1. The average Bonchev–Trinajstić information content (AvgIpc) is 2.61. The van der Waals surface area contributed by atoms with E-state index < -0.39 is 0 Å². The Kier molecular flexibility index (Phi) is 4.55. The molecule has 0 N–H and O–H groups in total. The van der Waals surface area contributed by atoms with Crippen molar-refractivity contribution in [1.82, 2.24) is 14.9 Å². The van der Waals surface area contributed by atoms with Crippen molar-refractivity contribution in [2.45, 2.75) is 26.5 Å². The third kappa shape index (κ3) is 3.75. The maximum Gasteiger partial charge on any atom is 0.161 e. The highest BCUT2D eigenvalue weighted by atomic mass is 16.6. The molecule has 0 saturated carbocycles. The number of hydrogen-bond donors (Lipinski definition) is 0. The molecule has 6 nitrogen and oxygen atoms in total. The van der Waals surface area contributed by atoms with Crippen molar-refractivity contribution >= 4 is 0 Å². The molecule has 0 amide bonds. The lowest BCUT2D eigenvalue weighted by atomic mass is 10.1. The third-order valence-corrected chi connectivity index (χ3v) is 4.48. The summed E-state index contributed by atoms with van der Waals surface area (Å²) in [5.74, 6) is 2.47. The number of aromatic nitrogens is 2. The van der Waals surface area contributed by atoms with Gasteiger partial charge in [0.25, 0.3) is 0 Å². The molecule has 4 rings (SSSR count).